The second-order valence-electron chi connectivity index (χ2n) is 2.26. The summed E-state index contributed by atoms with van der Waals surface area (Å²) in [5.41, 5.74) is 0.775. The molecule has 0 N–H and O–H groups in total. The standard InChI is InChI=1S/C8H8O.C2H6O2.C2H6/c1-7(9)8-5-3-2-4-6-8;1-3-4-2;1-2/h2-6H,1H3;1-2H3;1-2H3. The Morgan fingerprint density at radius 3 is 1.60 bits per heavy atom. The van der Waals surface area contributed by atoms with Gasteiger partial charge in [-0.1, -0.05) is 44.2 Å². The maximum absolute atomic E-state index is 10.6. The van der Waals surface area contributed by atoms with Gasteiger partial charge in [0.1, 0.15) is 0 Å². The van der Waals surface area contributed by atoms with Crippen LogP contribution >= 0.6 is 0 Å². The molecular formula is C12H20O3. The number of Topliss-reactive ketones (excluding diaryl/α,β-unsaturated/α-hetero) is 1. The van der Waals surface area contributed by atoms with Crippen molar-refractivity contribution in [3.05, 3.63) is 35.9 Å². The van der Waals surface area contributed by atoms with Gasteiger partial charge in [-0.05, 0) is 6.92 Å². The summed E-state index contributed by atoms with van der Waals surface area (Å²) in [7, 11) is 2.92. The average molecular weight is 212 g/mol. The topological polar surface area (TPSA) is 35.5 Å². The second-order valence-corrected chi connectivity index (χ2v) is 2.26. The van der Waals surface area contributed by atoms with E-state index in [9.17, 15) is 4.79 Å². The molecule has 15 heavy (non-hydrogen) atoms. The average Bonchev–Trinajstić information content (AvgIpc) is 2.33. The lowest BCUT2D eigenvalue weighted by Crippen LogP contribution is -1.88. The Morgan fingerprint density at radius 1 is 1.00 bits per heavy atom. The van der Waals surface area contributed by atoms with Crippen LogP contribution in [-0.2, 0) is 9.78 Å². The Hall–Kier alpha value is -1.19. The van der Waals surface area contributed by atoms with E-state index >= 15 is 0 Å². The van der Waals surface area contributed by atoms with Gasteiger partial charge < -0.3 is 0 Å². The Bertz CT molecular complexity index is 230. The van der Waals surface area contributed by atoms with Gasteiger partial charge in [-0.3, -0.25) is 4.79 Å². The third-order valence-corrected chi connectivity index (χ3v) is 1.35. The van der Waals surface area contributed by atoms with Crippen molar-refractivity contribution in [3.8, 4) is 0 Å². The fourth-order valence-corrected chi connectivity index (χ4v) is 0.673. The van der Waals surface area contributed by atoms with E-state index in [4.69, 9.17) is 0 Å². The quantitative estimate of drug-likeness (QED) is 0.429. The number of benzene rings is 1. The van der Waals surface area contributed by atoms with Crippen LogP contribution in [0, 0.1) is 0 Å². The SMILES string of the molecule is CC.CC(=O)c1ccccc1.COOC. The van der Waals surface area contributed by atoms with E-state index in [0.717, 1.165) is 5.56 Å². The molecule has 86 valence electrons. The number of hydrogen-bond acceptors (Lipinski definition) is 3. The van der Waals surface area contributed by atoms with Crippen LogP contribution in [-0.4, -0.2) is 20.0 Å². The number of ketones is 1. The normalized spacial score (nSPS) is 7.80. The van der Waals surface area contributed by atoms with Crippen molar-refractivity contribution in [3.63, 3.8) is 0 Å². The van der Waals surface area contributed by atoms with Crippen LogP contribution in [0.5, 0.6) is 0 Å². The maximum Gasteiger partial charge on any atom is 0.159 e. The Kier molecular flexibility index (Phi) is 13.9. The lowest BCUT2D eigenvalue weighted by molar-refractivity contribution is -0.248. The lowest BCUT2D eigenvalue weighted by Gasteiger charge is -1.89. The van der Waals surface area contributed by atoms with Crippen LogP contribution in [0.15, 0.2) is 30.3 Å². The van der Waals surface area contributed by atoms with Crippen molar-refractivity contribution in [2.24, 2.45) is 0 Å². The summed E-state index contributed by atoms with van der Waals surface area (Å²) >= 11 is 0. The van der Waals surface area contributed by atoms with Gasteiger partial charge in [0.25, 0.3) is 0 Å². The smallest absolute Gasteiger partial charge is 0.159 e. The van der Waals surface area contributed by atoms with Gasteiger partial charge in [0, 0.05) is 5.56 Å². The minimum Gasteiger partial charge on any atom is -0.295 e. The summed E-state index contributed by atoms with van der Waals surface area (Å²) in [6.45, 7) is 5.56. The van der Waals surface area contributed by atoms with Crippen molar-refractivity contribution in [2.45, 2.75) is 20.8 Å². The molecule has 1 rings (SSSR count). The highest BCUT2D eigenvalue weighted by Crippen LogP contribution is 1.97. The first-order valence-corrected chi connectivity index (χ1v) is 4.85. The molecule has 0 aromatic heterocycles. The van der Waals surface area contributed by atoms with Crippen LogP contribution in [0.1, 0.15) is 31.1 Å². The van der Waals surface area contributed by atoms with Crippen LogP contribution in [0.2, 0.25) is 0 Å². The first kappa shape index (κ1) is 16.2. The van der Waals surface area contributed by atoms with E-state index in [1.54, 1.807) is 6.92 Å². The van der Waals surface area contributed by atoms with Crippen molar-refractivity contribution in [2.75, 3.05) is 14.2 Å². The van der Waals surface area contributed by atoms with E-state index in [-0.39, 0.29) is 5.78 Å². The van der Waals surface area contributed by atoms with Crippen LogP contribution in [0.25, 0.3) is 0 Å². The lowest BCUT2D eigenvalue weighted by atomic mass is 10.2. The van der Waals surface area contributed by atoms with E-state index in [0.29, 0.717) is 0 Å². The molecule has 0 atom stereocenters. The Morgan fingerprint density at radius 2 is 1.40 bits per heavy atom. The van der Waals surface area contributed by atoms with Gasteiger partial charge in [0.2, 0.25) is 0 Å². The number of hydrogen-bond donors (Lipinski definition) is 0. The van der Waals surface area contributed by atoms with E-state index < -0.39 is 0 Å². The minimum atomic E-state index is 0.121. The predicted molar refractivity (Wildman–Crippen MR) is 61.8 cm³/mol. The number of carbonyl (C=O) groups excluding carboxylic acids is 1. The molecule has 3 nitrogen and oxygen atoms in total. The Labute approximate surface area is 92.0 Å². The molecule has 0 spiro atoms. The molecule has 3 heteroatoms. The first-order valence-electron chi connectivity index (χ1n) is 4.85. The fraction of sp³-hybridized carbons (Fsp3) is 0.417. The molecule has 1 aromatic rings. The molecule has 0 unspecified atom stereocenters. The van der Waals surface area contributed by atoms with E-state index in [1.165, 1.54) is 14.2 Å². The van der Waals surface area contributed by atoms with Crippen molar-refractivity contribution < 1.29 is 14.6 Å². The van der Waals surface area contributed by atoms with Gasteiger partial charge in [-0.25, -0.2) is 9.78 Å². The highest BCUT2D eigenvalue weighted by atomic mass is 17.2. The van der Waals surface area contributed by atoms with Gasteiger partial charge in [-0.2, -0.15) is 0 Å². The first-order chi connectivity index (χ1) is 7.22. The van der Waals surface area contributed by atoms with E-state index in [1.807, 2.05) is 44.2 Å². The van der Waals surface area contributed by atoms with Crippen molar-refractivity contribution >= 4 is 5.78 Å². The van der Waals surface area contributed by atoms with Crippen LogP contribution in [0.4, 0.5) is 0 Å². The van der Waals surface area contributed by atoms with Gasteiger partial charge in [0.15, 0.2) is 5.78 Å². The number of carbonyl (C=O) groups is 1. The molecule has 0 saturated carbocycles. The molecule has 0 aliphatic heterocycles. The second kappa shape index (κ2) is 12.8. The Balaban J connectivity index is 0. The largest absolute Gasteiger partial charge is 0.295 e. The highest BCUT2D eigenvalue weighted by molar-refractivity contribution is 5.93. The van der Waals surface area contributed by atoms with Crippen LogP contribution in [0.3, 0.4) is 0 Å². The zero-order valence-electron chi connectivity index (χ0n) is 10.1. The zero-order chi connectivity index (χ0) is 12.1. The summed E-state index contributed by atoms with van der Waals surface area (Å²) in [6, 6.07) is 9.23. The van der Waals surface area contributed by atoms with Crippen molar-refractivity contribution in [1.29, 1.82) is 0 Å². The number of rotatable bonds is 2. The third kappa shape index (κ3) is 10.7. The molecule has 0 saturated heterocycles. The molecule has 0 amide bonds. The summed E-state index contributed by atoms with van der Waals surface area (Å²) in [6.07, 6.45) is 0. The molecule has 0 bridgehead atoms. The van der Waals surface area contributed by atoms with Gasteiger partial charge in [-0.15, -0.1) is 0 Å². The predicted octanol–water partition coefficient (Wildman–Crippen LogP) is 3.11. The molecule has 0 aliphatic rings. The molecule has 0 radical (unpaired) electrons. The highest BCUT2D eigenvalue weighted by Gasteiger charge is 1.92. The molecule has 0 fully saturated rings. The summed E-state index contributed by atoms with van der Waals surface area (Å²) < 4.78 is 0. The maximum atomic E-state index is 10.6. The third-order valence-electron chi connectivity index (χ3n) is 1.35. The zero-order valence-corrected chi connectivity index (χ0v) is 10.1. The summed E-state index contributed by atoms with van der Waals surface area (Å²) in [5.74, 6) is 0.121. The summed E-state index contributed by atoms with van der Waals surface area (Å²) in [4.78, 5) is 18.7. The minimum absolute atomic E-state index is 0.121. The molecule has 0 aliphatic carbocycles. The monoisotopic (exact) mass is 212 g/mol. The molecule has 0 heterocycles. The van der Waals surface area contributed by atoms with Gasteiger partial charge >= 0.3 is 0 Å². The molecular weight excluding hydrogens is 192 g/mol. The molecule has 1 aromatic carbocycles. The fourth-order valence-electron chi connectivity index (χ4n) is 0.673. The summed E-state index contributed by atoms with van der Waals surface area (Å²) in [5, 5.41) is 0. The van der Waals surface area contributed by atoms with Crippen molar-refractivity contribution in [1.82, 2.24) is 0 Å². The van der Waals surface area contributed by atoms with Gasteiger partial charge in [0.05, 0.1) is 14.2 Å². The van der Waals surface area contributed by atoms with Crippen LogP contribution < -0.4 is 0 Å². The van der Waals surface area contributed by atoms with E-state index in [2.05, 4.69) is 9.78 Å².